The van der Waals surface area contributed by atoms with E-state index in [1.54, 1.807) is 6.07 Å². The monoisotopic (exact) mass is 392 g/mol. The highest BCUT2D eigenvalue weighted by atomic mass is 16.5. The van der Waals surface area contributed by atoms with E-state index < -0.39 is 0 Å². The fraction of sp³-hybridized carbons (Fsp3) is 0.560. The molecule has 0 saturated carbocycles. The van der Waals surface area contributed by atoms with Crippen molar-refractivity contribution in [3.8, 4) is 5.75 Å². The van der Waals surface area contributed by atoms with Gasteiger partial charge in [-0.05, 0) is 54.4 Å². The van der Waals surface area contributed by atoms with Crippen LogP contribution < -0.4 is 10.3 Å². The van der Waals surface area contributed by atoms with Crippen LogP contribution in [0.5, 0.6) is 5.75 Å². The quantitative estimate of drug-likeness (QED) is 0.757. The number of ether oxygens (including phenoxy) is 1. The molecule has 1 aromatic heterocycles. The van der Waals surface area contributed by atoms with Gasteiger partial charge in [0.15, 0.2) is 0 Å². The molecule has 154 valence electrons. The molecule has 1 aromatic carbocycles. The Morgan fingerprint density at radius 1 is 1.17 bits per heavy atom. The summed E-state index contributed by atoms with van der Waals surface area (Å²) in [7, 11) is 0. The molecule has 2 aromatic rings. The smallest absolute Gasteiger partial charge is 0.250 e. The summed E-state index contributed by atoms with van der Waals surface area (Å²) in [4.78, 5) is 15.4. The summed E-state index contributed by atoms with van der Waals surface area (Å²) in [6.07, 6.45) is 4.54. The second-order valence-corrected chi connectivity index (χ2v) is 9.62. The number of aromatic nitrogens is 1. The zero-order valence-electron chi connectivity index (χ0n) is 17.6. The Morgan fingerprint density at radius 3 is 2.93 bits per heavy atom. The Bertz CT molecular complexity index is 948. The van der Waals surface area contributed by atoms with Crippen molar-refractivity contribution in [2.75, 3.05) is 19.7 Å². The summed E-state index contributed by atoms with van der Waals surface area (Å²) < 4.78 is 7.83. The largest absolute Gasteiger partial charge is 0.493 e. The van der Waals surface area contributed by atoms with Gasteiger partial charge in [0, 0.05) is 49.8 Å². The van der Waals surface area contributed by atoms with E-state index in [9.17, 15) is 4.79 Å². The van der Waals surface area contributed by atoms with Crippen LogP contribution >= 0.6 is 0 Å². The van der Waals surface area contributed by atoms with E-state index in [0.717, 1.165) is 44.8 Å². The molecule has 5 rings (SSSR count). The summed E-state index contributed by atoms with van der Waals surface area (Å²) in [6, 6.07) is 12.9. The first kappa shape index (κ1) is 18.9. The van der Waals surface area contributed by atoms with Gasteiger partial charge in [-0.15, -0.1) is 0 Å². The summed E-state index contributed by atoms with van der Waals surface area (Å²) >= 11 is 0. The number of piperidine rings is 1. The molecule has 4 heterocycles. The molecule has 29 heavy (non-hydrogen) atoms. The lowest BCUT2D eigenvalue weighted by molar-refractivity contribution is 0.0798. The van der Waals surface area contributed by atoms with E-state index in [-0.39, 0.29) is 5.56 Å². The zero-order chi connectivity index (χ0) is 20.0. The molecule has 0 N–H and O–H groups in total. The normalized spacial score (nSPS) is 25.6. The van der Waals surface area contributed by atoms with Crippen LogP contribution in [0.15, 0.2) is 41.2 Å². The van der Waals surface area contributed by atoms with Gasteiger partial charge in [-0.3, -0.25) is 9.69 Å². The maximum absolute atomic E-state index is 12.8. The lowest BCUT2D eigenvalue weighted by Gasteiger charge is -2.47. The molecular weight excluding hydrogens is 360 g/mol. The summed E-state index contributed by atoms with van der Waals surface area (Å²) in [5.41, 5.74) is 4.19. The highest BCUT2D eigenvalue weighted by molar-refractivity contribution is 5.39. The topological polar surface area (TPSA) is 34.5 Å². The molecule has 1 saturated heterocycles. The van der Waals surface area contributed by atoms with Gasteiger partial charge in [-0.25, -0.2) is 0 Å². The van der Waals surface area contributed by atoms with Crippen molar-refractivity contribution in [1.29, 1.82) is 0 Å². The van der Waals surface area contributed by atoms with Gasteiger partial charge in [-0.1, -0.05) is 32.0 Å². The minimum Gasteiger partial charge on any atom is -0.493 e. The van der Waals surface area contributed by atoms with E-state index >= 15 is 0 Å². The maximum Gasteiger partial charge on any atom is 0.250 e. The van der Waals surface area contributed by atoms with Crippen molar-refractivity contribution >= 4 is 0 Å². The van der Waals surface area contributed by atoms with Gasteiger partial charge < -0.3 is 9.30 Å². The maximum atomic E-state index is 12.8. The molecule has 4 heteroatoms. The van der Waals surface area contributed by atoms with Crippen LogP contribution in [0.4, 0.5) is 0 Å². The number of nitrogens with zero attached hydrogens (tertiary/aromatic N) is 2. The lowest BCUT2D eigenvalue weighted by Crippen LogP contribution is -2.49. The highest BCUT2D eigenvalue weighted by Crippen LogP contribution is 2.43. The van der Waals surface area contributed by atoms with E-state index in [4.69, 9.17) is 4.74 Å². The number of benzene rings is 1. The van der Waals surface area contributed by atoms with Gasteiger partial charge in [0.1, 0.15) is 5.75 Å². The minimum absolute atomic E-state index is 0.193. The average molecular weight is 393 g/mol. The van der Waals surface area contributed by atoms with Crippen molar-refractivity contribution in [2.24, 2.45) is 11.8 Å². The van der Waals surface area contributed by atoms with Crippen molar-refractivity contribution < 1.29 is 4.74 Å². The zero-order valence-corrected chi connectivity index (χ0v) is 17.6. The van der Waals surface area contributed by atoms with Gasteiger partial charge in [0.05, 0.1) is 6.61 Å². The number of fused-ring (bicyclic) bond motifs is 5. The molecule has 3 atom stereocenters. The molecule has 3 aliphatic heterocycles. The molecule has 4 nitrogen and oxygen atoms in total. The van der Waals surface area contributed by atoms with Gasteiger partial charge in [0.2, 0.25) is 0 Å². The van der Waals surface area contributed by atoms with Crippen LogP contribution in [0.3, 0.4) is 0 Å². The van der Waals surface area contributed by atoms with E-state index in [1.807, 2.05) is 6.07 Å². The van der Waals surface area contributed by atoms with Crippen molar-refractivity contribution in [3.63, 3.8) is 0 Å². The minimum atomic E-state index is 0.193. The Hall–Kier alpha value is -2.07. The predicted octanol–water partition coefficient (Wildman–Crippen LogP) is 4.38. The van der Waals surface area contributed by atoms with E-state index in [0.29, 0.717) is 23.8 Å². The second kappa shape index (κ2) is 7.64. The number of likely N-dealkylation sites (tertiary alicyclic amines) is 1. The Labute approximate surface area is 173 Å². The fourth-order valence-corrected chi connectivity index (χ4v) is 5.74. The molecule has 3 aliphatic rings. The van der Waals surface area contributed by atoms with Gasteiger partial charge in [-0.2, -0.15) is 0 Å². The molecular formula is C25H32N2O2. The molecule has 1 fully saturated rings. The van der Waals surface area contributed by atoms with Gasteiger partial charge >= 0.3 is 0 Å². The number of hydrogen-bond acceptors (Lipinski definition) is 3. The molecule has 2 bridgehead atoms. The van der Waals surface area contributed by atoms with Crippen LogP contribution in [-0.2, 0) is 13.0 Å². The van der Waals surface area contributed by atoms with Crippen molar-refractivity contribution in [2.45, 2.75) is 58.0 Å². The van der Waals surface area contributed by atoms with Crippen LogP contribution in [0.2, 0.25) is 0 Å². The van der Waals surface area contributed by atoms with Crippen LogP contribution in [0.25, 0.3) is 0 Å². The summed E-state index contributed by atoms with van der Waals surface area (Å²) in [5, 5.41) is 0. The third-order valence-corrected chi connectivity index (χ3v) is 7.07. The first-order valence-electron chi connectivity index (χ1n) is 11.3. The molecule has 0 unspecified atom stereocenters. The Balaban J connectivity index is 1.40. The fourth-order valence-electron chi connectivity index (χ4n) is 5.74. The van der Waals surface area contributed by atoms with Crippen molar-refractivity contribution in [1.82, 2.24) is 9.47 Å². The second-order valence-electron chi connectivity index (χ2n) is 9.62. The molecule has 0 radical (unpaired) electrons. The molecule has 0 aliphatic carbocycles. The SMILES string of the molecule is CC(C)CC[C@H]1[C@H]2C[C@H](CN(Cc3ccc4c(c3)CCO4)C2)c2cccc(=O)n21. The number of pyridine rings is 1. The van der Waals surface area contributed by atoms with E-state index in [1.165, 1.54) is 29.7 Å². The highest BCUT2D eigenvalue weighted by Gasteiger charge is 2.40. The Morgan fingerprint density at radius 2 is 2.07 bits per heavy atom. The number of rotatable bonds is 5. The lowest BCUT2D eigenvalue weighted by atomic mass is 9.76. The summed E-state index contributed by atoms with van der Waals surface area (Å²) in [6.45, 7) is 8.51. The Kier molecular flexibility index (Phi) is 4.99. The van der Waals surface area contributed by atoms with Crippen LogP contribution in [0, 0.1) is 11.8 Å². The molecule has 0 spiro atoms. The van der Waals surface area contributed by atoms with E-state index in [2.05, 4.69) is 47.6 Å². The number of hydrogen-bond donors (Lipinski definition) is 0. The third-order valence-electron chi connectivity index (χ3n) is 7.07. The summed E-state index contributed by atoms with van der Waals surface area (Å²) in [5.74, 6) is 2.77. The third kappa shape index (κ3) is 3.63. The first-order chi connectivity index (χ1) is 14.1. The van der Waals surface area contributed by atoms with Crippen LogP contribution in [0.1, 0.15) is 61.9 Å². The van der Waals surface area contributed by atoms with Gasteiger partial charge in [0.25, 0.3) is 5.56 Å². The average Bonchev–Trinajstić information content (AvgIpc) is 3.16. The van der Waals surface area contributed by atoms with Crippen molar-refractivity contribution in [3.05, 3.63) is 63.6 Å². The standard InChI is InChI=1S/C25H32N2O2/c1-17(2)6-8-23-21-13-20(22-4-3-5-25(28)27(22)23)15-26(16-21)14-18-7-9-24-19(12-18)10-11-29-24/h3-5,7,9,12,17,20-21,23H,6,8,10-11,13-16H2,1-2H3/t20-,21+,23+/m1/s1. The predicted molar refractivity (Wildman–Crippen MR) is 116 cm³/mol. The first-order valence-corrected chi connectivity index (χ1v) is 11.3. The molecule has 0 amide bonds. The van der Waals surface area contributed by atoms with Crippen LogP contribution in [-0.4, -0.2) is 29.2 Å².